The Labute approximate surface area is 300 Å². The molecule has 4 aliphatic heterocycles. The van der Waals surface area contributed by atoms with Gasteiger partial charge in [-0.1, -0.05) is 29.1 Å². The standard InChI is InChI=1S/C35H39Cl2FN8O2S/c1-4-7-22-12-23(39)13-24(29(22)36)28-14-26-25(19-49-28)32(41-34(40-26)48-20-35-8-5-10-45(35)17-21(15-35)16-38)44-9-6-11-46-27(18-44)30(37)31(42-46)33(47)43(2)3/h12-13,16,28H,5-6,8-11,14-15,17-20,39H2,1-3H3/b21-16-/t28?,35-/m0/s1. The maximum atomic E-state index is 13.6. The van der Waals surface area contributed by atoms with E-state index >= 15 is 0 Å². The average Bonchev–Trinajstić information content (AvgIpc) is 3.68. The second kappa shape index (κ2) is 13.7. The van der Waals surface area contributed by atoms with Crippen LogP contribution in [0.4, 0.5) is 15.9 Å². The summed E-state index contributed by atoms with van der Waals surface area (Å²) in [6.07, 6.45) is 4.73. The van der Waals surface area contributed by atoms with Crippen molar-refractivity contribution in [2.45, 2.75) is 68.7 Å². The summed E-state index contributed by atoms with van der Waals surface area (Å²) < 4.78 is 22.0. The van der Waals surface area contributed by atoms with E-state index in [-0.39, 0.29) is 22.4 Å². The maximum Gasteiger partial charge on any atom is 0.318 e. The summed E-state index contributed by atoms with van der Waals surface area (Å²) in [6.45, 7) is 5.44. The number of aromatic nitrogens is 4. The number of carbonyl (C=O) groups is 1. The van der Waals surface area contributed by atoms with Gasteiger partial charge in [0.05, 0.1) is 39.8 Å². The molecule has 258 valence electrons. The predicted molar refractivity (Wildman–Crippen MR) is 192 cm³/mol. The molecule has 7 rings (SSSR count). The van der Waals surface area contributed by atoms with E-state index in [1.54, 1.807) is 38.8 Å². The van der Waals surface area contributed by atoms with E-state index in [1.165, 1.54) is 4.90 Å². The zero-order chi connectivity index (χ0) is 34.4. The van der Waals surface area contributed by atoms with E-state index in [0.29, 0.717) is 78.7 Å². The molecule has 0 bridgehead atoms. The summed E-state index contributed by atoms with van der Waals surface area (Å²) in [4.78, 5) is 29.0. The lowest BCUT2D eigenvalue weighted by atomic mass is 9.94. The molecule has 2 saturated heterocycles. The third-order valence-electron chi connectivity index (χ3n) is 9.94. The van der Waals surface area contributed by atoms with E-state index < -0.39 is 0 Å². The second-order valence-corrected chi connectivity index (χ2v) is 15.3. The molecule has 1 aromatic carbocycles. The van der Waals surface area contributed by atoms with Crippen LogP contribution < -0.4 is 15.4 Å². The van der Waals surface area contributed by atoms with E-state index in [1.807, 2.05) is 10.7 Å². The molecule has 2 N–H and O–H groups in total. The number of nitrogens with zero attached hydrogens (tertiary/aromatic N) is 7. The Kier molecular flexibility index (Phi) is 9.47. The molecular weight excluding hydrogens is 686 g/mol. The second-order valence-electron chi connectivity index (χ2n) is 13.4. The quantitative estimate of drug-likeness (QED) is 0.241. The van der Waals surface area contributed by atoms with Crippen molar-refractivity contribution in [2.24, 2.45) is 0 Å². The molecule has 49 heavy (non-hydrogen) atoms. The molecule has 1 unspecified atom stereocenters. The highest BCUT2D eigenvalue weighted by atomic mass is 35.5. The number of rotatable bonds is 6. The van der Waals surface area contributed by atoms with E-state index in [0.717, 1.165) is 66.0 Å². The molecule has 6 heterocycles. The van der Waals surface area contributed by atoms with Crippen molar-refractivity contribution in [3.05, 3.63) is 67.9 Å². The monoisotopic (exact) mass is 724 g/mol. The number of anilines is 2. The topological polar surface area (TPSA) is 106 Å². The van der Waals surface area contributed by atoms with Gasteiger partial charge < -0.3 is 20.3 Å². The van der Waals surface area contributed by atoms with E-state index in [9.17, 15) is 9.18 Å². The minimum absolute atomic E-state index is 0.00730. The van der Waals surface area contributed by atoms with Gasteiger partial charge in [-0.25, -0.2) is 4.39 Å². The van der Waals surface area contributed by atoms with Crippen molar-refractivity contribution in [2.75, 3.05) is 51.0 Å². The van der Waals surface area contributed by atoms with Crippen LogP contribution in [-0.4, -0.2) is 81.3 Å². The Morgan fingerprint density at radius 2 is 2.04 bits per heavy atom. The number of thioether (sulfide) groups is 1. The number of nitrogen functional groups attached to an aromatic ring is 1. The summed E-state index contributed by atoms with van der Waals surface area (Å²) in [7, 11) is 3.38. The molecule has 4 aliphatic rings. The Hall–Kier alpha value is -3.50. The number of hydrogen-bond acceptors (Lipinski definition) is 9. The van der Waals surface area contributed by atoms with Crippen molar-refractivity contribution in [1.82, 2.24) is 29.5 Å². The first kappa shape index (κ1) is 34.0. The fourth-order valence-corrected chi connectivity index (χ4v) is 9.48. The van der Waals surface area contributed by atoms with Gasteiger partial charge >= 0.3 is 6.01 Å². The molecule has 14 heteroatoms. The Bertz CT molecular complexity index is 1910. The number of aryl methyl sites for hydroxylation is 1. The van der Waals surface area contributed by atoms with Gasteiger partial charge in [0.25, 0.3) is 5.91 Å². The summed E-state index contributed by atoms with van der Waals surface area (Å²) in [5.74, 6) is 7.21. The van der Waals surface area contributed by atoms with Crippen LogP contribution in [0.3, 0.4) is 0 Å². The number of ether oxygens (including phenoxy) is 1. The Balaban J connectivity index is 1.25. The van der Waals surface area contributed by atoms with Gasteiger partial charge in [-0.15, -0.1) is 17.7 Å². The van der Waals surface area contributed by atoms with E-state index in [2.05, 4.69) is 26.7 Å². The SMILES string of the molecule is CC#Cc1cc(N)cc(C2Cc3nc(OC[C@@]45CCCN4C/C(=C\F)C5)nc(N4CCCn5nc(C(=O)N(C)C)c(Cl)c5C4)c3CS2)c1Cl. The fraction of sp³-hybridized carbons (Fsp3) is 0.486. The number of fused-ring (bicyclic) bond motifs is 3. The third-order valence-corrected chi connectivity index (χ3v) is 12.0. The van der Waals surface area contributed by atoms with Gasteiger partial charge in [0.2, 0.25) is 0 Å². The maximum absolute atomic E-state index is 13.6. The van der Waals surface area contributed by atoms with Gasteiger partial charge in [-0.3, -0.25) is 14.4 Å². The number of amides is 1. The number of halogens is 3. The van der Waals surface area contributed by atoms with Crippen molar-refractivity contribution in [1.29, 1.82) is 0 Å². The van der Waals surface area contributed by atoms with Crippen LogP contribution >= 0.6 is 35.0 Å². The lowest BCUT2D eigenvalue weighted by Gasteiger charge is -2.32. The zero-order valence-electron chi connectivity index (χ0n) is 27.9. The molecule has 3 aromatic rings. The molecule has 0 radical (unpaired) electrons. The van der Waals surface area contributed by atoms with Gasteiger partial charge in [0, 0.05) is 68.0 Å². The van der Waals surface area contributed by atoms with Crippen LogP contribution in [0.2, 0.25) is 10.0 Å². The highest BCUT2D eigenvalue weighted by Crippen LogP contribution is 2.47. The third kappa shape index (κ3) is 6.35. The average molecular weight is 726 g/mol. The van der Waals surface area contributed by atoms with Crippen LogP contribution in [0.1, 0.15) is 76.4 Å². The van der Waals surface area contributed by atoms with Crippen LogP contribution in [0.15, 0.2) is 24.0 Å². The van der Waals surface area contributed by atoms with Crippen molar-refractivity contribution >= 4 is 52.4 Å². The van der Waals surface area contributed by atoms with Crippen LogP contribution in [0.5, 0.6) is 6.01 Å². The van der Waals surface area contributed by atoms with E-state index in [4.69, 9.17) is 43.6 Å². The Morgan fingerprint density at radius 1 is 1.20 bits per heavy atom. The highest BCUT2D eigenvalue weighted by molar-refractivity contribution is 7.98. The number of benzene rings is 1. The van der Waals surface area contributed by atoms with Crippen molar-refractivity contribution < 1.29 is 13.9 Å². The summed E-state index contributed by atoms with van der Waals surface area (Å²) in [5.41, 5.74) is 12.0. The zero-order valence-corrected chi connectivity index (χ0v) is 30.2. The molecule has 10 nitrogen and oxygen atoms in total. The number of carbonyl (C=O) groups excluding carboxylic acids is 1. The minimum atomic E-state index is -0.264. The lowest BCUT2D eigenvalue weighted by Crippen LogP contribution is -2.43. The predicted octanol–water partition coefficient (Wildman–Crippen LogP) is 6.05. The molecule has 2 fully saturated rings. The molecule has 1 amide bonds. The first-order chi connectivity index (χ1) is 23.6. The molecule has 0 aliphatic carbocycles. The number of nitrogens with two attached hydrogens (primary N) is 1. The molecule has 2 atom stereocenters. The summed E-state index contributed by atoms with van der Waals surface area (Å²) in [6, 6.07) is 4.03. The fourth-order valence-electron chi connectivity index (χ4n) is 7.55. The number of hydrogen-bond donors (Lipinski definition) is 1. The van der Waals surface area contributed by atoms with Crippen LogP contribution in [-0.2, 0) is 25.3 Å². The van der Waals surface area contributed by atoms with Gasteiger partial charge in [0.1, 0.15) is 12.4 Å². The molecular formula is C35H39Cl2FN8O2S. The smallest absolute Gasteiger partial charge is 0.318 e. The van der Waals surface area contributed by atoms with Crippen molar-refractivity contribution in [3.8, 4) is 17.9 Å². The van der Waals surface area contributed by atoms with Crippen molar-refractivity contribution in [3.63, 3.8) is 0 Å². The largest absolute Gasteiger partial charge is 0.461 e. The minimum Gasteiger partial charge on any atom is -0.461 e. The molecule has 0 spiro atoms. The van der Waals surface area contributed by atoms with Crippen LogP contribution in [0, 0.1) is 11.8 Å². The molecule has 2 aromatic heterocycles. The highest BCUT2D eigenvalue weighted by Gasteiger charge is 2.47. The normalized spacial score (nSPS) is 22.6. The van der Waals surface area contributed by atoms with Gasteiger partial charge in [-0.2, -0.15) is 15.1 Å². The lowest BCUT2D eigenvalue weighted by molar-refractivity contribution is 0.0821. The summed E-state index contributed by atoms with van der Waals surface area (Å²) >= 11 is 15.5. The van der Waals surface area contributed by atoms with Crippen LogP contribution in [0.25, 0.3) is 0 Å². The summed E-state index contributed by atoms with van der Waals surface area (Å²) in [5, 5.41) is 5.56. The van der Waals surface area contributed by atoms with Gasteiger partial charge in [-0.05, 0) is 62.4 Å². The molecule has 0 saturated carbocycles. The van der Waals surface area contributed by atoms with Gasteiger partial charge in [0.15, 0.2) is 5.69 Å². The first-order valence-electron chi connectivity index (χ1n) is 16.5. The first-order valence-corrected chi connectivity index (χ1v) is 18.3. The Morgan fingerprint density at radius 3 is 2.82 bits per heavy atom.